The molecular weight excluding hydrogens is 370 g/mol. The highest BCUT2D eigenvalue weighted by Crippen LogP contribution is 2.29. The van der Waals surface area contributed by atoms with Crippen LogP contribution in [0.4, 0.5) is 0 Å². The van der Waals surface area contributed by atoms with Crippen molar-refractivity contribution in [3.05, 3.63) is 81.5 Å². The molecule has 2 aromatic carbocycles. The molecule has 5 heteroatoms. The van der Waals surface area contributed by atoms with E-state index in [9.17, 15) is 9.59 Å². The first kappa shape index (κ1) is 19.8. The fourth-order valence-corrected chi connectivity index (χ4v) is 3.64. The van der Waals surface area contributed by atoms with Crippen molar-refractivity contribution in [2.75, 3.05) is 0 Å². The van der Waals surface area contributed by atoms with Crippen molar-refractivity contribution in [1.29, 1.82) is 0 Å². The standard InChI is InChI=1S/C23H23NO3S/c1-23(2,3)19-10-8-16(9-11-19)18-12-20(28-14-18)21(25)24-13-15-4-6-17(7-5-15)22(26)27/h4-12,14H,13H2,1-3H3,(H,24,25)(H,26,27). The van der Waals surface area contributed by atoms with E-state index in [2.05, 4.69) is 50.4 Å². The number of carbonyl (C=O) groups excluding carboxylic acids is 1. The molecule has 144 valence electrons. The van der Waals surface area contributed by atoms with Gasteiger partial charge < -0.3 is 10.4 Å². The molecule has 0 fully saturated rings. The van der Waals surface area contributed by atoms with Gasteiger partial charge in [0.1, 0.15) is 0 Å². The maximum atomic E-state index is 12.4. The largest absolute Gasteiger partial charge is 0.478 e. The molecule has 0 spiro atoms. The molecule has 28 heavy (non-hydrogen) atoms. The van der Waals surface area contributed by atoms with E-state index >= 15 is 0 Å². The lowest BCUT2D eigenvalue weighted by atomic mass is 9.86. The first-order valence-corrected chi connectivity index (χ1v) is 9.92. The fourth-order valence-electron chi connectivity index (χ4n) is 2.80. The van der Waals surface area contributed by atoms with E-state index in [0.717, 1.165) is 16.7 Å². The minimum atomic E-state index is -0.961. The topological polar surface area (TPSA) is 66.4 Å². The van der Waals surface area contributed by atoms with Crippen LogP contribution < -0.4 is 5.32 Å². The molecule has 3 rings (SSSR count). The van der Waals surface area contributed by atoms with Crippen LogP contribution in [-0.4, -0.2) is 17.0 Å². The Kier molecular flexibility index (Phi) is 5.66. The lowest BCUT2D eigenvalue weighted by molar-refractivity contribution is 0.0696. The normalized spacial score (nSPS) is 11.2. The van der Waals surface area contributed by atoms with E-state index in [1.807, 2.05) is 11.4 Å². The minimum absolute atomic E-state index is 0.112. The van der Waals surface area contributed by atoms with Gasteiger partial charge in [-0.05, 0) is 51.2 Å². The number of carboxylic acids is 1. The van der Waals surface area contributed by atoms with Crippen LogP contribution in [0.5, 0.6) is 0 Å². The van der Waals surface area contributed by atoms with Gasteiger partial charge in [0.2, 0.25) is 0 Å². The summed E-state index contributed by atoms with van der Waals surface area (Å²) in [5, 5.41) is 13.8. The van der Waals surface area contributed by atoms with Crippen LogP contribution in [0, 0.1) is 0 Å². The first-order chi connectivity index (χ1) is 13.2. The molecule has 4 nitrogen and oxygen atoms in total. The van der Waals surface area contributed by atoms with Gasteiger partial charge in [-0.3, -0.25) is 4.79 Å². The summed E-state index contributed by atoms with van der Waals surface area (Å²) < 4.78 is 0. The Hall–Kier alpha value is -2.92. The molecule has 0 aliphatic rings. The smallest absolute Gasteiger partial charge is 0.335 e. The molecule has 1 amide bonds. The van der Waals surface area contributed by atoms with Gasteiger partial charge in [-0.25, -0.2) is 4.79 Å². The van der Waals surface area contributed by atoms with Gasteiger partial charge in [0.05, 0.1) is 10.4 Å². The lowest BCUT2D eigenvalue weighted by Crippen LogP contribution is -2.21. The van der Waals surface area contributed by atoms with Gasteiger partial charge in [-0.1, -0.05) is 57.2 Å². The van der Waals surface area contributed by atoms with Gasteiger partial charge >= 0.3 is 5.97 Å². The lowest BCUT2D eigenvalue weighted by Gasteiger charge is -2.19. The van der Waals surface area contributed by atoms with Crippen molar-refractivity contribution >= 4 is 23.2 Å². The molecule has 2 N–H and O–H groups in total. The van der Waals surface area contributed by atoms with Gasteiger partial charge in [-0.2, -0.15) is 0 Å². The molecule has 0 bridgehead atoms. The van der Waals surface area contributed by atoms with E-state index < -0.39 is 5.97 Å². The van der Waals surface area contributed by atoms with E-state index in [1.165, 1.54) is 29.0 Å². The number of carbonyl (C=O) groups is 2. The predicted octanol–water partition coefficient (Wildman–Crippen LogP) is 5.34. The van der Waals surface area contributed by atoms with E-state index in [1.54, 1.807) is 12.1 Å². The average Bonchev–Trinajstić information content (AvgIpc) is 3.16. The SMILES string of the molecule is CC(C)(C)c1ccc(-c2csc(C(=O)NCc3ccc(C(=O)O)cc3)c2)cc1. The van der Waals surface area contributed by atoms with Crippen molar-refractivity contribution in [2.24, 2.45) is 0 Å². The van der Waals surface area contributed by atoms with Gasteiger partial charge in [-0.15, -0.1) is 11.3 Å². The van der Waals surface area contributed by atoms with Crippen molar-refractivity contribution in [2.45, 2.75) is 32.7 Å². The van der Waals surface area contributed by atoms with Crippen molar-refractivity contribution in [3.63, 3.8) is 0 Å². The zero-order chi connectivity index (χ0) is 20.3. The highest BCUT2D eigenvalue weighted by molar-refractivity contribution is 7.12. The monoisotopic (exact) mass is 393 g/mol. The zero-order valence-corrected chi connectivity index (χ0v) is 17.0. The number of nitrogens with one attached hydrogen (secondary N) is 1. The van der Waals surface area contributed by atoms with E-state index in [-0.39, 0.29) is 16.9 Å². The summed E-state index contributed by atoms with van der Waals surface area (Å²) in [6.45, 7) is 6.91. The Morgan fingerprint density at radius 3 is 2.18 bits per heavy atom. The molecule has 3 aromatic rings. The Balaban J connectivity index is 1.64. The maximum Gasteiger partial charge on any atom is 0.335 e. The number of carboxylic acid groups (broad SMARTS) is 1. The van der Waals surface area contributed by atoms with Crippen LogP contribution in [0.15, 0.2) is 60.0 Å². The number of amides is 1. The third-order valence-electron chi connectivity index (χ3n) is 4.56. The summed E-state index contributed by atoms with van der Waals surface area (Å²) in [6, 6.07) is 16.8. The van der Waals surface area contributed by atoms with E-state index in [0.29, 0.717) is 11.4 Å². The van der Waals surface area contributed by atoms with Crippen LogP contribution in [0.25, 0.3) is 11.1 Å². The molecular formula is C23H23NO3S. The molecule has 0 aliphatic heterocycles. The van der Waals surface area contributed by atoms with Gasteiger partial charge in [0.25, 0.3) is 5.91 Å². The number of aromatic carboxylic acids is 1. The van der Waals surface area contributed by atoms with Gasteiger partial charge in [0, 0.05) is 6.54 Å². The van der Waals surface area contributed by atoms with E-state index in [4.69, 9.17) is 5.11 Å². The third-order valence-corrected chi connectivity index (χ3v) is 5.49. The van der Waals surface area contributed by atoms with Crippen LogP contribution in [0.1, 0.15) is 51.9 Å². The summed E-state index contributed by atoms with van der Waals surface area (Å²) in [7, 11) is 0. The van der Waals surface area contributed by atoms with Crippen molar-refractivity contribution < 1.29 is 14.7 Å². The summed E-state index contributed by atoms with van der Waals surface area (Å²) in [4.78, 5) is 24.0. The van der Waals surface area contributed by atoms with Crippen LogP contribution >= 0.6 is 11.3 Å². The van der Waals surface area contributed by atoms with Crippen molar-refractivity contribution in [3.8, 4) is 11.1 Å². The predicted molar refractivity (Wildman–Crippen MR) is 113 cm³/mol. The van der Waals surface area contributed by atoms with Crippen LogP contribution in [0.2, 0.25) is 0 Å². The fraction of sp³-hybridized carbons (Fsp3) is 0.217. The third kappa shape index (κ3) is 4.67. The molecule has 0 atom stereocenters. The Morgan fingerprint density at radius 1 is 0.964 bits per heavy atom. The number of thiophene rings is 1. The molecule has 0 aliphatic carbocycles. The van der Waals surface area contributed by atoms with Crippen LogP contribution in [0.3, 0.4) is 0 Å². The Morgan fingerprint density at radius 2 is 1.61 bits per heavy atom. The number of hydrogen-bond acceptors (Lipinski definition) is 3. The zero-order valence-electron chi connectivity index (χ0n) is 16.2. The number of benzene rings is 2. The quantitative estimate of drug-likeness (QED) is 0.615. The highest BCUT2D eigenvalue weighted by Gasteiger charge is 2.14. The minimum Gasteiger partial charge on any atom is -0.478 e. The number of hydrogen-bond donors (Lipinski definition) is 2. The average molecular weight is 394 g/mol. The summed E-state index contributed by atoms with van der Waals surface area (Å²) in [5.41, 5.74) is 4.59. The first-order valence-electron chi connectivity index (χ1n) is 9.04. The second-order valence-corrected chi connectivity index (χ2v) is 8.62. The highest BCUT2D eigenvalue weighted by atomic mass is 32.1. The number of rotatable bonds is 5. The summed E-state index contributed by atoms with van der Waals surface area (Å²) in [5.74, 6) is -1.10. The summed E-state index contributed by atoms with van der Waals surface area (Å²) in [6.07, 6.45) is 0. The molecule has 0 radical (unpaired) electrons. The van der Waals surface area contributed by atoms with Crippen molar-refractivity contribution in [1.82, 2.24) is 5.32 Å². The molecule has 0 saturated carbocycles. The molecule has 0 unspecified atom stereocenters. The second kappa shape index (κ2) is 7.98. The molecule has 0 saturated heterocycles. The molecule has 1 heterocycles. The summed E-state index contributed by atoms with van der Waals surface area (Å²) >= 11 is 1.41. The Bertz CT molecular complexity index is 980. The second-order valence-electron chi connectivity index (χ2n) is 7.71. The Labute approximate surface area is 168 Å². The molecule has 1 aromatic heterocycles. The van der Waals surface area contributed by atoms with Gasteiger partial charge in [0.15, 0.2) is 0 Å². The maximum absolute atomic E-state index is 12.4. The van der Waals surface area contributed by atoms with Crippen LogP contribution in [-0.2, 0) is 12.0 Å².